The molecule has 0 fully saturated rings. The molecule has 0 atom stereocenters. The largest absolute Gasteiger partial charge is 0.462 e. The molecule has 0 radical (unpaired) electrons. The minimum absolute atomic E-state index is 0.0912. The van der Waals surface area contributed by atoms with Crippen LogP contribution in [0.15, 0.2) is 52.4 Å². The lowest BCUT2D eigenvalue weighted by atomic mass is 10.1. The Morgan fingerprint density at radius 2 is 1.78 bits per heavy atom. The van der Waals surface area contributed by atoms with Gasteiger partial charge in [0.2, 0.25) is 0 Å². The second kappa shape index (κ2) is 7.96. The van der Waals surface area contributed by atoms with Crippen LogP contribution in [0.25, 0.3) is 16.6 Å². The molecular formula is C21H22N2O3S. The van der Waals surface area contributed by atoms with Crippen molar-refractivity contribution in [3.05, 3.63) is 63.9 Å². The fourth-order valence-electron chi connectivity index (χ4n) is 2.99. The molecule has 0 N–H and O–H groups in total. The lowest BCUT2D eigenvalue weighted by molar-refractivity contribution is -0.144. The van der Waals surface area contributed by atoms with Gasteiger partial charge in [0.25, 0.3) is 5.56 Å². The number of rotatable bonds is 5. The van der Waals surface area contributed by atoms with Crippen molar-refractivity contribution in [1.29, 1.82) is 0 Å². The third kappa shape index (κ3) is 4.06. The summed E-state index contributed by atoms with van der Waals surface area (Å²) in [6, 6.07) is 13.1. The van der Waals surface area contributed by atoms with Gasteiger partial charge in [0.05, 0.1) is 28.4 Å². The number of fused-ring (bicyclic) bond motifs is 1. The molecule has 2 aromatic carbocycles. The zero-order valence-electron chi connectivity index (χ0n) is 15.9. The number of hydrogen-bond acceptors (Lipinski definition) is 5. The number of para-hydroxylation sites is 2. The second-order valence-electron chi connectivity index (χ2n) is 6.62. The van der Waals surface area contributed by atoms with Crippen LogP contribution in [0, 0.1) is 13.8 Å². The van der Waals surface area contributed by atoms with Gasteiger partial charge in [-0.1, -0.05) is 42.1 Å². The molecule has 0 saturated heterocycles. The molecule has 27 heavy (non-hydrogen) atoms. The predicted molar refractivity (Wildman–Crippen MR) is 109 cm³/mol. The Kier molecular flexibility index (Phi) is 5.65. The van der Waals surface area contributed by atoms with E-state index in [1.54, 1.807) is 10.6 Å². The number of carbonyl (C=O) groups is 1. The first kappa shape index (κ1) is 19.2. The zero-order chi connectivity index (χ0) is 19.6. The maximum absolute atomic E-state index is 13.3. The van der Waals surface area contributed by atoms with Gasteiger partial charge in [0, 0.05) is 0 Å². The first-order valence-electron chi connectivity index (χ1n) is 8.79. The summed E-state index contributed by atoms with van der Waals surface area (Å²) in [6.45, 7) is 7.55. The van der Waals surface area contributed by atoms with E-state index in [9.17, 15) is 9.59 Å². The first-order valence-corrected chi connectivity index (χ1v) is 9.77. The molecule has 1 heterocycles. The van der Waals surface area contributed by atoms with Crippen molar-refractivity contribution in [3.63, 3.8) is 0 Å². The maximum Gasteiger partial charge on any atom is 0.316 e. The van der Waals surface area contributed by atoms with E-state index in [0.717, 1.165) is 16.8 Å². The fraction of sp³-hybridized carbons (Fsp3) is 0.286. The lowest BCUT2D eigenvalue weighted by Gasteiger charge is -2.17. The molecule has 0 aliphatic carbocycles. The van der Waals surface area contributed by atoms with Crippen molar-refractivity contribution in [1.82, 2.24) is 9.55 Å². The van der Waals surface area contributed by atoms with E-state index in [0.29, 0.717) is 16.1 Å². The summed E-state index contributed by atoms with van der Waals surface area (Å²) in [4.78, 5) is 29.9. The molecule has 140 valence electrons. The van der Waals surface area contributed by atoms with Crippen LogP contribution < -0.4 is 5.56 Å². The minimum atomic E-state index is -0.328. The standard InChI is InChI=1S/C21H22N2O3S/c1-13(2)26-18(24)12-27-21-22-17-11-6-5-10-16(17)20(25)23(21)19-14(3)8-7-9-15(19)4/h5-11,13H,12H2,1-4H3. The Balaban J connectivity index is 2.16. The van der Waals surface area contributed by atoms with E-state index in [2.05, 4.69) is 4.98 Å². The van der Waals surface area contributed by atoms with Gasteiger partial charge in [-0.2, -0.15) is 0 Å². The quantitative estimate of drug-likeness (QED) is 0.378. The Morgan fingerprint density at radius 1 is 1.11 bits per heavy atom. The molecule has 0 saturated carbocycles. The molecule has 3 aromatic rings. The van der Waals surface area contributed by atoms with Gasteiger partial charge in [0.1, 0.15) is 0 Å². The summed E-state index contributed by atoms with van der Waals surface area (Å²) >= 11 is 1.22. The van der Waals surface area contributed by atoms with E-state index >= 15 is 0 Å². The van der Waals surface area contributed by atoms with Crippen molar-refractivity contribution >= 4 is 28.6 Å². The van der Waals surface area contributed by atoms with Gasteiger partial charge in [-0.25, -0.2) is 4.98 Å². The Labute approximate surface area is 162 Å². The number of esters is 1. The second-order valence-corrected chi connectivity index (χ2v) is 7.56. The summed E-state index contributed by atoms with van der Waals surface area (Å²) in [5.41, 5.74) is 3.23. The lowest BCUT2D eigenvalue weighted by Crippen LogP contribution is -2.24. The van der Waals surface area contributed by atoms with Crippen LogP contribution in [0.1, 0.15) is 25.0 Å². The summed E-state index contributed by atoms with van der Waals surface area (Å²) in [6.07, 6.45) is -0.177. The SMILES string of the molecule is Cc1cccc(C)c1-n1c(SCC(=O)OC(C)C)nc2ccccc2c1=O. The van der Waals surface area contributed by atoms with Crippen LogP contribution in [0.3, 0.4) is 0 Å². The highest BCUT2D eigenvalue weighted by atomic mass is 32.2. The summed E-state index contributed by atoms with van der Waals surface area (Å²) in [5.74, 6) is -0.237. The van der Waals surface area contributed by atoms with E-state index in [1.807, 2.05) is 64.1 Å². The van der Waals surface area contributed by atoms with Crippen molar-refractivity contribution in [2.24, 2.45) is 0 Å². The first-order chi connectivity index (χ1) is 12.9. The number of hydrogen-bond donors (Lipinski definition) is 0. The van der Waals surface area contributed by atoms with Gasteiger partial charge < -0.3 is 4.74 Å². The molecule has 5 nitrogen and oxygen atoms in total. The van der Waals surface area contributed by atoms with Crippen LogP contribution in [0.5, 0.6) is 0 Å². The molecule has 6 heteroatoms. The number of thioether (sulfide) groups is 1. The molecule has 0 aliphatic rings. The number of nitrogens with zero attached hydrogens (tertiary/aromatic N) is 2. The monoisotopic (exact) mass is 382 g/mol. The summed E-state index contributed by atoms with van der Waals surface area (Å²) < 4.78 is 6.82. The summed E-state index contributed by atoms with van der Waals surface area (Å²) in [5, 5.41) is 1.03. The van der Waals surface area contributed by atoms with E-state index in [4.69, 9.17) is 4.74 Å². The third-order valence-corrected chi connectivity index (χ3v) is 5.01. The molecular weight excluding hydrogens is 360 g/mol. The van der Waals surface area contributed by atoms with Crippen molar-refractivity contribution < 1.29 is 9.53 Å². The minimum Gasteiger partial charge on any atom is -0.462 e. The molecule has 0 spiro atoms. The highest BCUT2D eigenvalue weighted by molar-refractivity contribution is 7.99. The maximum atomic E-state index is 13.3. The fourth-order valence-corrected chi connectivity index (χ4v) is 3.77. The van der Waals surface area contributed by atoms with Crippen molar-refractivity contribution in [2.45, 2.75) is 39.0 Å². The highest BCUT2D eigenvalue weighted by Gasteiger charge is 2.18. The molecule has 0 aliphatic heterocycles. The number of aromatic nitrogens is 2. The molecule has 3 rings (SSSR count). The van der Waals surface area contributed by atoms with Gasteiger partial charge in [0.15, 0.2) is 5.16 Å². The average molecular weight is 382 g/mol. The van der Waals surface area contributed by atoms with Crippen molar-refractivity contribution in [2.75, 3.05) is 5.75 Å². The molecule has 0 bridgehead atoms. The predicted octanol–water partition coefficient (Wildman–Crippen LogP) is 4.05. The van der Waals surface area contributed by atoms with Gasteiger partial charge in [-0.3, -0.25) is 14.2 Å². The smallest absolute Gasteiger partial charge is 0.316 e. The summed E-state index contributed by atoms with van der Waals surface area (Å²) in [7, 11) is 0. The normalized spacial score (nSPS) is 11.1. The zero-order valence-corrected chi connectivity index (χ0v) is 16.7. The van der Waals surface area contributed by atoms with Crippen LogP contribution in [0.4, 0.5) is 0 Å². The van der Waals surface area contributed by atoms with Gasteiger partial charge in [-0.05, 0) is 51.0 Å². The molecule has 0 unspecified atom stereocenters. The van der Waals surface area contributed by atoms with Gasteiger partial charge in [-0.15, -0.1) is 0 Å². The third-order valence-electron chi connectivity index (χ3n) is 4.09. The van der Waals surface area contributed by atoms with Crippen LogP contribution >= 0.6 is 11.8 Å². The van der Waals surface area contributed by atoms with E-state index in [1.165, 1.54) is 11.8 Å². The van der Waals surface area contributed by atoms with Crippen LogP contribution in [-0.2, 0) is 9.53 Å². The highest BCUT2D eigenvalue weighted by Crippen LogP contribution is 2.25. The molecule has 1 aromatic heterocycles. The Morgan fingerprint density at radius 3 is 2.44 bits per heavy atom. The van der Waals surface area contributed by atoms with Crippen LogP contribution in [0.2, 0.25) is 0 Å². The topological polar surface area (TPSA) is 61.2 Å². The van der Waals surface area contributed by atoms with Gasteiger partial charge >= 0.3 is 5.97 Å². The number of carbonyl (C=O) groups excluding carboxylic acids is 1. The Bertz CT molecular complexity index is 1040. The average Bonchev–Trinajstić information content (AvgIpc) is 2.61. The number of benzene rings is 2. The number of aryl methyl sites for hydroxylation is 2. The van der Waals surface area contributed by atoms with E-state index in [-0.39, 0.29) is 23.4 Å². The molecule has 0 amide bonds. The van der Waals surface area contributed by atoms with Crippen molar-refractivity contribution in [3.8, 4) is 5.69 Å². The Hall–Kier alpha value is -2.60. The number of ether oxygens (including phenoxy) is 1. The van der Waals surface area contributed by atoms with E-state index < -0.39 is 0 Å². The van der Waals surface area contributed by atoms with Crippen LogP contribution in [-0.4, -0.2) is 27.4 Å².